The third-order valence-electron chi connectivity index (χ3n) is 7.06. The number of benzene rings is 1. The van der Waals surface area contributed by atoms with Crippen LogP contribution in [-0.2, 0) is 22.6 Å². The fraction of sp³-hybridized carbons (Fsp3) is 0.407. The molecule has 2 amide bonds. The summed E-state index contributed by atoms with van der Waals surface area (Å²) in [5.74, 6) is 1.51. The summed E-state index contributed by atoms with van der Waals surface area (Å²) in [6, 6.07) is 11.7. The molecule has 0 aliphatic carbocycles. The van der Waals surface area contributed by atoms with Gasteiger partial charge in [-0.3, -0.25) is 14.5 Å². The van der Waals surface area contributed by atoms with E-state index in [1.54, 1.807) is 4.52 Å². The SMILES string of the molecule is CC(=O)Nc1ccc(CN2CCN(C(=O)CCc3c(C)nn(-c4ccc5nnc(C)n5n4)c3C)CC2)cc1. The predicted octanol–water partition coefficient (Wildman–Crippen LogP) is 2.47. The van der Waals surface area contributed by atoms with Crippen molar-refractivity contribution in [1.82, 2.24) is 39.4 Å². The van der Waals surface area contributed by atoms with Gasteiger partial charge in [0, 0.05) is 57.4 Å². The van der Waals surface area contributed by atoms with Crippen molar-refractivity contribution in [2.45, 2.75) is 47.1 Å². The van der Waals surface area contributed by atoms with Gasteiger partial charge in [-0.1, -0.05) is 12.1 Å². The Bertz CT molecular complexity index is 1460. The van der Waals surface area contributed by atoms with Crippen molar-refractivity contribution in [3.63, 3.8) is 0 Å². The second-order valence-electron chi connectivity index (χ2n) is 9.80. The Balaban J connectivity index is 1.15. The van der Waals surface area contributed by atoms with Gasteiger partial charge in [-0.2, -0.15) is 9.61 Å². The number of nitrogens with one attached hydrogen (secondary N) is 1. The first-order valence-electron chi connectivity index (χ1n) is 12.9. The molecule has 0 radical (unpaired) electrons. The van der Waals surface area contributed by atoms with E-state index < -0.39 is 0 Å². The minimum atomic E-state index is -0.0741. The summed E-state index contributed by atoms with van der Waals surface area (Å²) in [7, 11) is 0. The van der Waals surface area contributed by atoms with E-state index in [1.807, 2.05) is 66.8 Å². The molecule has 1 aliphatic heterocycles. The Morgan fingerprint density at radius 1 is 0.921 bits per heavy atom. The molecule has 0 spiro atoms. The molecule has 11 heteroatoms. The molecule has 1 aliphatic rings. The van der Waals surface area contributed by atoms with Crippen molar-refractivity contribution in [3.8, 4) is 5.82 Å². The molecule has 5 rings (SSSR count). The van der Waals surface area contributed by atoms with Crippen LogP contribution in [-0.4, -0.2) is 77.4 Å². The molecular weight excluding hydrogens is 482 g/mol. The summed E-state index contributed by atoms with van der Waals surface area (Å²) in [5, 5.41) is 20.3. The first kappa shape index (κ1) is 25.5. The normalized spacial score (nSPS) is 14.3. The quantitative estimate of drug-likeness (QED) is 0.402. The van der Waals surface area contributed by atoms with Crippen LogP contribution in [0.3, 0.4) is 0 Å². The van der Waals surface area contributed by atoms with Gasteiger partial charge in [0.05, 0.1) is 5.69 Å². The third kappa shape index (κ3) is 5.42. The molecule has 4 heterocycles. The molecule has 1 saturated heterocycles. The van der Waals surface area contributed by atoms with Crippen LogP contribution < -0.4 is 5.32 Å². The number of aryl methyl sites for hydroxylation is 2. The Labute approximate surface area is 221 Å². The molecule has 1 aromatic carbocycles. The number of anilines is 1. The summed E-state index contributed by atoms with van der Waals surface area (Å²) in [5.41, 5.74) is 5.67. The highest BCUT2D eigenvalue weighted by Crippen LogP contribution is 2.20. The van der Waals surface area contributed by atoms with Gasteiger partial charge in [0.25, 0.3) is 0 Å². The van der Waals surface area contributed by atoms with Crippen molar-refractivity contribution in [3.05, 3.63) is 64.7 Å². The second kappa shape index (κ2) is 10.7. The molecule has 3 aromatic heterocycles. The Hall–Kier alpha value is -4.12. The molecule has 1 N–H and O–H groups in total. The number of carbonyl (C=O) groups excluding carboxylic acids is 2. The number of piperazine rings is 1. The average Bonchev–Trinajstić information content (AvgIpc) is 3.41. The Morgan fingerprint density at radius 2 is 1.66 bits per heavy atom. The summed E-state index contributed by atoms with van der Waals surface area (Å²) in [6.07, 6.45) is 1.10. The lowest BCUT2D eigenvalue weighted by Gasteiger charge is -2.35. The van der Waals surface area contributed by atoms with E-state index in [0.29, 0.717) is 30.1 Å². The highest BCUT2D eigenvalue weighted by molar-refractivity contribution is 5.88. The van der Waals surface area contributed by atoms with E-state index in [1.165, 1.54) is 12.5 Å². The van der Waals surface area contributed by atoms with E-state index in [0.717, 1.165) is 55.4 Å². The van der Waals surface area contributed by atoms with Crippen molar-refractivity contribution in [2.24, 2.45) is 0 Å². The molecule has 0 atom stereocenters. The number of rotatable bonds is 7. The van der Waals surface area contributed by atoms with Crippen LogP contribution in [0.2, 0.25) is 0 Å². The summed E-state index contributed by atoms with van der Waals surface area (Å²) >= 11 is 0. The van der Waals surface area contributed by atoms with Crippen LogP contribution in [0.4, 0.5) is 5.69 Å². The summed E-state index contributed by atoms with van der Waals surface area (Å²) < 4.78 is 3.53. The average molecular weight is 516 g/mol. The van der Waals surface area contributed by atoms with Crippen LogP contribution in [0.15, 0.2) is 36.4 Å². The Kier molecular flexibility index (Phi) is 7.19. The van der Waals surface area contributed by atoms with Crippen LogP contribution in [0.5, 0.6) is 0 Å². The first-order chi connectivity index (χ1) is 18.3. The second-order valence-corrected chi connectivity index (χ2v) is 9.80. The Morgan fingerprint density at radius 3 is 2.37 bits per heavy atom. The minimum Gasteiger partial charge on any atom is -0.340 e. The molecule has 0 bridgehead atoms. The van der Waals surface area contributed by atoms with Crippen LogP contribution in [0.1, 0.15) is 41.7 Å². The zero-order chi connectivity index (χ0) is 26.8. The fourth-order valence-corrected chi connectivity index (χ4v) is 4.96. The van der Waals surface area contributed by atoms with Crippen molar-refractivity contribution in [1.29, 1.82) is 0 Å². The van der Waals surface area contributed by atoms with Crippen LogP contribution >= 0.6 is 0 Å². The topological polar surface area (TPSA) is 114 Å². The van der Waals surface area contributed by atoms with E-state index in [-0.39, 0.29) is 11.8 Å². The fourth-order valence-electron chi connectivity index (χ4n) is 4.96. The maximum absolute atomic E-state index is 13.0. The molecule has 0 saturated carbocycles. The van der Waals surface area contributed by atoms with Gasteiger partial charge in [0.1, 0.15) is 0 Å². The molecule has 4 aromatic rings. The zero-order valence-electron chi connectivity index (χ0n) is 22.3. The van der Waals surface area contributed by atoms with E-state index in [2.05, 4.69) is 25.5 Å². The first-order valence-corrected chi connectivity index (χ1v) is 12.9. The van der Waals surface area contributed by atoms with E-state index >= 15 is 0 Å². The maximum atomic E-state index is 13.0. The summed E-state index contributed by atoms with van der Waals surface area (Å²) in [6.45, 7) is 11.3. The van der Waals surface area contributed by atoms with Gasteiger partial charge in [0.2, 0.25) is 11.8 Å². The number of amides is 2. The van der Waals surface area contributed by atoms with Gasteiger partial charge in [0.15, 0.2) is 17.3 Å². The molecule has 198 valence electrons. The lowest BCUT2D eigenvalue weighted by molar-refractivity contribution is -0.133. The zero-order valence-corrected chi connectivity index (χ0v) is 22.3. The van der Waals surface area contributed by atoms with Gasteiger partial charge >= 0.3 is 0 Å². The predicted molar refractivity (Wildman–Crippen MR) is 143 cm³/mol. The molecule has 0 unspecified atom stereocenters. The summed E-state index contributed by atoms with van der Waals surface area (Å²) in [4.78, 5) is 28.6. The standard InChI is InChI=1S/C27H33N9O2/c1-18-24(19(2)35(31-18)26-11-10-25-30-29-20(3)36(25)32-26)9-12-27(38)34-15-13-33(14-16-34)17-22-5-7-23(8-6-22)28-21(4)37/h5-8,10-11H,9,12-17H2,1-4H3,(H,28,37). The molecular formula is C27H33N9O2. The monoisotopic (exact) mass is 515 g/mol. The highest BCUT2D eigenvalue weighted by Gasteiger charge is 2.22. The highest BCUT2D eigenvalue weighted by atomic mass is 16.2. The largest absolute Gasteiger partial charge is 0.340 e. The van der Waals surface area contributed by atoms with Crippen LogP contribution in [0, 0.1) is 20.8 Å². The van der Waals surface area contributed by atoms with Crippen LogP contribution in [0.25, 0.3) is 11.5 Å². The number of carbonyl (C=O) groups is 2. The van der Waals surface area contributed by atoms with E-state index in [9.17, 15) is 9.59 Å². The van der Waals surface area contributed by atoms with Crippen molar-refractivity contribution < 1.29 is 9.59 Å². The number of nitrogens with zero attached hydrogens (tertiary/aromatic N) is 8. The lowest BCUT2D eigenvalue weighted by atomic mass is 10.1. The van der Waals surface area contributed by atoms with Gasteiger partial charge in [-0.25, -0.2) is 4.68 Å². The van der Waals surface area contributed by atoms with Gasteiger partial charge in [-0.05, 0) is 62.6 Å². The lowest BCUT2D eigenvalue weighted by Crippen LogP contribution is -2.48. The van der Waals surface area contributed by atoms with Crippen molar-refractivity contribution >= 4 is 23.1 Å². The molecule has 38 heavy (non-hydrogen) atoms. The number of aromatic nitrogens is 6. The number of hydrogen-bond donors (Lipinski definition) is 1. The number of fused-ring (bicyclic) bond motifs is 1. The van der Waals surface area contributed by atoms with E-state index in [4.69, 9.17) is 5.10 Å². The van der Waals surface area contributed by atoms with Gasteiger partial charge in [-0.15, -0.1) is 15.3 Å². The molecule has 1 fully saturated rings. The maximum Gasteiger partial charge on any atom is 0.222 e. The third-order valence-corrected chi connectivity index (χ3v) is 7.06. The smallest absolute Gasteiger partial charge is 0.222 e. The number of hydrogen-bond acceptors (Lipinski definition) is 7. The molecule has 11 nitrogen and oxygen atoms in total. The van der Waals surface area contributed by atoms with Crippen molar-refractivity contribution in [2.75, 3.05) is 31.5 Å². The van der Waals surface area contributed by atoms with Gasteiger partial charge < -0.3 is 10.2 Å². The minimum absolute atomic E-state index is 0.0741.